The maximum atomic E-state index is 13.0. The van der Waals surface area contributed by atoms with Gasteiger partial charge in [-0.15, -0.1) is 0 Å². The van der Waals surface area contributed by atoms with Crippen LogP contribution in [0.3, 0.4) is 0 Å². The monoisotopic (exact) mass is 407 g/mol. The van der Waals surface area contributed by atoms with Crippen molar-refractivity contribution in [2.45, 2.75) is 31.5 Å². The molecule has 5 rings (SSSR count). The second-order valence-corrected chi connectivity index (χ2v) is 7.88. The van der Waals surface area contributed by atoms with E-state index < -0.39 is 5.54 Å². The number of fused-ring (bicyclic) bond motifs is 1. The summed E-state index contributed by atoms with van der Waals surface area (Å²) in [7, 11) is 3.70. The second-order valence-electron chi connectivity index (χ2n) is 7.88. The average Bonchev–Trinajstić information content (AvgIpc) is 3.44. The number of nitrogens with zero attached hydrogens (tertiary/aromatic N) is 6. The second kappa shape index (κ2) is 6.79. The molecule has 2 aliphatic rings. The number of likely N-dealkylation sites (N-methyl/N-ethyl adjacent to an activating group) is 2. The molecule has 0 saturated heterocycles. The molecule has 1 spiro atoms. The van der Waals surface area contributed by atoms with E-state index in [1.165, 1.54) is 12.1 Å². The van der Waals surface area contributed by atoms with Crippen molar-refractivity contribution in [1.29, 1.82) is 0 Å². The highest BCUT2D eigenvalue weighted by Crippen LogP contribution is 2.50. The van der Waals surface area contributed by atoms with Gasteiger partial charge in [-0.2, -0.15) is 10.1 Å². The van der Waals surface area contributed by atoms with Gasteiger partial charge in [0.15, 0.2) is 5.82 Å². The first-order chi connectivity index (χ1) is 14.5. The standard InChI is InChI=1S/C21H22FN7O/c1-27-17-11-24-20(26-18(17)28(2)21(7-8-21)19(27)30)23-9-15-10-25-29(13-15)12-14-3-5-16(22)6-4-14/h3-6,10-11,13H,7-9,12H2,1-2H3,(H,23,24,26). The highest BCUT2D eigenvalue weighted by atomic mass is 19.1. The Labute approximate surface area is 173 Å². The molecule has 1 aromatic carbocycles. The molecule has 1 aliphatic heterocycles. The van der Waals surface area contributed by atoms with Crippen molar-refractivity contribution in [3.05, 3.63) is 59.8 Å². The first kappa shape index (κ1) is 18.5. The molecule has 30 heavy (non-hydrogen) atoms. The number of hydrogen-bond donors (Lipinski definition) is 1. The maximum absolute atomic E-state index is 13.0. The van der Waals surface area contributed by atoms with E-state index in [9.17, 15) is 9.18 Å². The summed E-state index contributed by atoms with van der Waals surface area (Å²) in [5.74, 6) is 1.13. The van der Waals surface area contributed by atoms with Crippen LogP contribution in [0.1, 0.15) is 24.0 Å². The minimum Gasteiger partial charge on any atom is -0.350 e. The van der Waals surface area contributed by atoms with Crippen LogP contribution in [0.4, 0.5) is 21.8 Å². The highest BCUT2D eigenvalue weighted by Gasteiger charge is 2.58. The number of halogens is 1. The molecule has 8 nitrogen and oxygen atoms in total. The zero-order chi connectivity index (χ0) is 20.9. The van der Waals surface area contributed by atoms with Crippen molar-refractivity contribution in [1.82, 2.24) is 19.7 Å². The molecule has 1 aliphatic carbocycles. The lowest BCUT2D eigenvalue weighted by atomic mass is 10.1. The molecule has 9 heteroatoms. The molecule has 0 bridgehead atoms. The SMILES string of the molecule is CN1C(=O)C2(CC2)N(C)c2nc(NCc3cnn(Cc4ccc(F)cc4)c3)ncc21. The lowest BCUT2D eigenvalue weighted by Crippen LogP contribution is -2.53. The Balaban J connectivity index is 1.28. The summed E-state index contributed by atoms with van der Waals surface area (Å²) in [4.78, 5) is 25.3. The van der Waals surface area contributed by atoms with Gasteiger partial charge >= 0.3 is 0 Å². The summed E-state index contributed by atoms with van der Waals surface area (Å²) >= 11 is 0. The predicted molar refractivity (Wildman–Crippen MR) is 111 cm³/mol. The molecule has 3 heterocycles. The van der Waals surface area contributed by atoms with Gasteiger partial charge in [-0.3, -0.25) is 9.48 Å². The number of amides is 1. The van der Waals surface area contributed by atoms with Gasteiger partial charge in [0.2, 0.25) is 5.95 Å². The fourth-order valence-corrected chi connectivity index (χ4v) is 3.91. The zero-order valence-corrected chi connectivity index (χ0v) is 16.8. The predicted octanol–water partition coefficient (Wildman–Crippen LogP) is 2.42. The van der Waals surface area contributed by atoms with Crippen LogP contribution in [0, 0.1) is 5.82 Å². The third-order valence-corrected chi connectivity index (χ3v) is 5.89. The van der Waals surface area contributed by atoms with E-state index in [0.29, 0.717) is 19.0 Å². The van der Waals surface area contributed by atoms with Crippen LogP contribution in [-0.4, -0.2) is 45.3 Å². The molecule has 0 unspecified atom stereocenters. The van der Waals surface area contributed by atoms with Crippen LogP contribution in [-0.2, 0) is 17.9 Å². The third-order valence-electron chi connectivity index (χ3n) is 5.89. The van der Waals surface area contributed by atoms with Gasteiger partial charge in [-0.25, -0.2) is 9.37 Å². The first-order valence-corrected chi connectivity index (χ1v) is 9.85. The van der Waals surface area contributed by atoms with E-state index >= 15 is 0 Å². The summed E-state index contributed by atoms with van der Waals surface area (Å²) in [6.07, 6.45) is 7.11. The van der Waals surface area contributed by atoms with Gasteiger partial charge < -0.3 is 15.1 Å². The fraction of sp³-hybridized carbons (Fsp3) is 0.333. The lowest BCUT2D eigenvalue weighted by molar-refractivity contribution is -0.120. The van der Waals surface area contributed by atoms with Crippen LogP contribution in [0.2, 0.25) is 0 Å². The van der Waals surface area contributed by atoms with Crippen LogP contribution in [0.5, 0.6) is 0 Å². The zero-order valence-electron chi connectivity index (χ0n) is 16.8. The fourth-order valence-electron chi connectivity index (χ4n) is 3.91. The van der Waals surface area contributed by atoms with Gasteiger partial charge in [0.1, 0.15) is 17.0 Å². The highest BCUT2D eigenvalue weighted by molar-refractivity contribution is 6.09. The molecule has 2 aromatic heterocycles. The molecule has 0 atom stereocenters. The van der Waals surface area contributed by atoms with E-state index in [2.05, 4.69) is 20.4 Å². The van der Waals surface area contributed by atoms with Crippen LogP contribution < -0.4 is 15.1 Å². The molecule has 0 radical (unpaired) electrons. The maximum Gasteiger partial charge on any atom is 0.252 e. The summed E-state index contributed by atoms with van der Waals surface area (Å²) < 4.78 is 14.9. The molecule has 154 valence electrons. The number of aromatic nitrogens is 4. The molecule has 1 saturated carbocycles. The first-order valence-electron chi connectivity index (χ1n) is 9.85. The van der Waals surface area contributed by atoms with Crippen LogP contribution >= 0.6 is 0 Å². The minimum atomic E-state index is -0.436. The number of benzene rings is 1. The van der Waals surface area contributed by atoms with E-state index in [-0.39, 0.29) is 11.7 Å². The number of carbonyl (C=O) groups is 1. The third kappa shape index (κ3) is 3.06. The lowest BCUT2D eigenvalue weighted by Gasteiger charge is -2.38. The Morgan fingerprint density at radius 1 is 1.13 bits per heavy atom. The number of anilines is 3. The Bertz CT molecular complexity index is 1110. The topological polar surface area (TPSA) is 79.2 Å². The molecular weight excluding hydrogens is 385 g/mol. The van der Waals surface area contributed by atoms with Gasteiger partial charge in [0.05, 0.1) is 18.9 Å². The van der Waals surface area contributed by atoms with Crippen molar-refractivity contribution in [3.63, 3.8) is 0 Å². The van der Waals surface area contributed by atoms with Gasteiger partial charge in [0.25, 0.3) is 5.91 Å². The summed E-state index contributed by atoms with van der Waals surface area (Å²) in [5, 5.41) is 7.60. The molecule has 3 aromatic rings. The molecule has 1 N–H and O–H groups in total. The molecular formula is C21H22FN7O. The van der Waals surface area contributed by atoms with Crippen molar-refractivity contribution in [2.75, 3.05) is 29.2 Å². The largest absolute Gasteiger partial charge is 0.350 e. The van der Waals surface area contributed by atoms with E-state index in [1.807, 2.05) is 22.8 Å². The van der Waals surface area contributed by atoms with E-state index in [4.69, 9.17) is 0 Å². The Morgan fingerprint density at radius 3 is 2.63 bits per heavy atom. The average molecular weight is 407 g/mol. The normalized spacial score (nSPS) is 16.7. The number of nitrogens with one attached hydrogen (secondary N) is 1. The van der Waals surface area contributed by atoms with Gasteiger partial charge in [0, 0.05) is 32.4 Å². The van der Waals surface area contributed by atoms with Crippen molar-refractivity contribution >= 4 is 23.4 Å². The van der Waals surface area contributed by atoms with Crippen LogP contribution in [0.15, 0.2) is 42.9 Å². The van der Waals surface area contributed by atoms with E-state index in [1.54, 1.807) is 36.5 Å². The molecule has 1 amide bonds. The van der Waals surface area contributed by atoms with Gasteiger partial charge in [-0.1, -0.05) is 12.1 Å². The molecule has 1 fully saturated rings. The van der Waals surface area contributed by atoms with Crippen LogP contribution in [0.25, 0.3) is 0 Å². The smallest absolute Gasteiger partial charge is 0.252 e. The van der Waals surface area contributed by atoms with Crippen molar-refractivity contribution < 1.29 is 9.18 Å². The van der Waals surface area contributed by atoms with Crippen molar-refractivity contribution in [3.8, 4) is 0 Å². The summed E-state index contributed by atoms with van der Waals surface area (Å²) in [5.41, 5.74) is 2.25. The summed E-state index contributed by atoms with van der Waals surface area (Å²) in [6.45, 7) is 1.09. The minimum absolute atomic E-state index is 0.107. The number of carbonyl (C=O) groups excluding carboxylic acids is 1. The number of hydrogen-bond acceptors (Lipinski definition) is 6. The Morgan fingerprint density at radius 2 is 1.90 bits per heavy atom. The Kier molecular flexibility index (Phi) is 4.19. The summed E-state index contributed by atoms with van der Waals surface area (Å²) in [6, 6.07) is 6.40. The van der Waals surface area contributed by atoms with Gasteiger partial charge in [-0.05, 0) is 30.5 Å². The Hall–Kier alpha value is -3.49. The van der Waals surface area contributed by atoms with Crippen molar-refractivity contribution in [2.24, 2.45) is 0 Å². The number of rotatable bonds is 5. The van der Waals surface area contributed by atoms with E-state index in [0.717, 1.165) is 35.5 Å². The quantitative estimate of drug-likeness (QED) is 0.700.